The first kappa shape index (κ1) is 15.9. The first-order valence-corrected chi connectivity index (χ1v) is 9.11. The third kappa shape index (κ3) is 4.52. The molecule has 2 aromatic carbocycles. The van der Waals surface area contributed by atoms with Crippen LogP contribution in [0.5, 0.6) is 0 Å². The zero-order valence-electron chi connectivity index (χ0n) is 13.1. The minimum Gasteiger partial charge on any atom is -0.337 e. The van der Waals surface area contributed by atoms with E-state index in [9.17, 15) is 4.79 Å². The van der Waals surface area contributed by atoms with Crippen LogP contribution in [0.2, 0.25) is 0 Å². The van der Waals surface area contributed by atoms with Gasteiger partial charge in [-0.1, -0.05) is 42.5 Å². The van der Waals surface area contributed by atoms with Crippen LogP contribution in [0.4, 0.5) is 4.79 Å². The van der Waals surface area contributed by atoms with Crippen molar-refractivity contribution in [1.82, 2.24) is 10.6 Å². The van der Waals surface area contributed by atoms with Crippen LogP contribution in [0.3, 0.4) is 0 Å². The Kier molecular flexibility index (Phi) is 5.59. The highest BCUT2D eigenvalue weighted by Gasteiger charge is 2.20. The normalized spacial score (nSPS) is 16.4. The van der Waals surface area contributed by atoms with Crippen LogP contribution in [-0.2, 0) is 6.42 Å². The monoisotopic (exact) mass is 326 g/mol. The van der Waals surface area contributed by atoms with Gasteiger partial charge in [-0.25, -0.2) is 4.79 Å². The highest BCUT2D eigenvalue weighted by atomic mass is 32.2. The maximum atomic E-state index is 12.1. The van der Waals surface area contributed by atoms with Gasteiger partial charge in [-0.3, -0.25) is 0 Å². The molecule has 0 aliphatic heterocycles. The quantitative estimate of drug-likeness (QED) is 0.640. The van der Waals surface area contributed by atoms with E-state index >= 15 is 0 Å². The van der Waals surface area contributed by atoms with Crippen LogP contribution in [0.25, 0.3) is 0 Å². The van der Waals surface area contributed by atoms with E-state index in [-0.39, 0.29) is 12.1 Å². The van der Waals surface area contributed by atoms with Crippen molar-refractivity contribution in [2.24, 2.45) is 0 Å². The first-order valence-electron chi connectivity index (χ1n) is 8.13. The number of hydrogen-bond acceptors (Lipinski definition) is 2. The van der Waals surface area contributed by atoms with E-state index in [4.69, 9.17) is 0 Å². The van der Waals surface area contributed by atoms with Crippen molar-refractivity contribution in [3.8, 4) is 0 Å². The van der Waals surface area contributed by atoms with Gasteiger partial charge in [0.2, 0.25) is 0 Å². The topological polar surface area (TPSA) is 41.1 Å². The number of amides is 2. The van der Waals surface area contributed by atoms with Crippen molar-refractivity contribution in [3.63, 3.8) is 0 Å². The molecule has 1 unspecified atom stereocenters. The van der Waals surface area contributed by atoms with Gasteiger partial charge in [0.15, 0.2) is 0 Å². The molecule has 0 heterocycles. The Bertz CT molecular complexity index is 645. The molecule has 3 rings (SSSR count). The molecule has 1 atom stereocenters. The fourth-order valence-corrected chi connectivity index (χ4v) is 3.75. The summed E-state index contributed by atoms with van der Waals surface area (Å²) in [6, 6.07) is 18.7. The van der Waals surface area contributed by atoms with Crippen molar-refractivity contribution in [2.75, 3.05) is 12.3 Å². The van der Waals surface area contributed by atoms with Gasteiger partial charge in [-0.05, 0) is 42.5 Å². The molecule has 2 aromatic rings. The van der Waals surface area contributed by atoms with E-state index in [2.05, 4.69) is 41.0 Å². The average molecular weight is 326 g/mol. The highest BCUT2D eigenvalue weighted by molar-refractivity contribution is 7.99. The summed E-state index contributed by atoms with van der Waals surface area (Å²) in [4.78, 5) is 13.3. The van der Waals surface area contributed by atoms with Crippen molar-refractivity contribution in [3.05, 3.63) is 65.7 Å². The summed E-state index contributed by atoms with van der Waals surface area (Å²) < 4.78 is 0. The summed E-state index contributed by atoms with van der Waals surface area (Å²) in [5, 5.41) is 6.07. The van der Waals surface area contributed by atoms with E-state index in [1.807, 2.05) is 24.3 Å². The van der Waals surface area contributed by atoms with E-state index < -0.39 is 0 Å². The molecule has 0 bridgehead atoms. The number of hydrogen-bond donors (Lipinski definition) is 2. The van der Waals surface area contributed by atoms with Gasteiger partial charge in [0.1, 0.15) is 0 Å². The van der Waals surface area contributed by atoms with Gasteiger partial charge in [0, 0.05) is 17.2 Å². The average Bonchev–Trinajstić information content (AvgIpc) is 2.60. The molecule has 2 amide bonds. The van der Waals surface area contributed by atoms with E-state index in [0.29, 0.717) is 6.54 Å². The van der Waals surface area contributed by atoms with Crippen LogP contribution in [-0.4, -0.2) is 18.3 Å². The predicted octanol–water partition coefficient (Wildman–Crippen LogP) is 4.16. The van der Waals surface area contributed by atoms with Crippen LogP contribution in [0, 0.1) is 0 Å². The lowest BCUT2D eigenvalue weighted by atomic mass is 9.88. The largest absolute Gasteiger partial charge is 0.337 e. The highest BCUT2D eigenvalue weighted by Crippen LogP contribution is 2.29. The number of carbonyl (C=O) groups is 1. The molecule has 0 fully saturated rings. The molecule has 1 aliphatic rings. The van der Waals surface area contributed by atoms with Crippen molar-refractivity contribution in [2.45, 2.75) is 30.2 Å². The summed E-state index contributed by atoms with van der Waals surface area (Å²) in [5.41, 5.74) is 2.64. The maximum Gasteiger partial charge on any atom is 0.315 e. The lowest BCUT2D eigenvalue weighted by Gasteiger charge is -2.26. The summed E-state index contributed by atoms with van der Waals surface area (Å²) in [5.74, 6) is 0.874. The van der Waals surface area contributed by atoms with Gasteiger partial charge in [0.05, 0.1) is 6.04 Å². The number of rotatable bonds is 5. The summed E-state index contributed by atoms with van der Waals surface area (Å²) >= 11 is 1.75. The minimum absolute atomic E-state index is 0.0691. The second-order valence-electron chi connectivity index (χ2n) is 5.71. The van der Waals surface area contributed by atoms with Gasteiger partial charge in [-0.2, -0.15) is 0 Å². The summed E-state index contributed by atoms with van der Waals surface area (Å²) in [7, 11) is 0. The van der Waals surface area contributed by atoms with Crippen LogP contribution in [0.15, 0.2) is 59.5 Å². The SMILES string of the molecule is O=C(NCCSc1ccccc1)NC1CCCc2ccccc21. The minimum atomic E-state index is -0.0691. The fourth-order valence-electron chi connectivity index (χ4n) is 2.96. The van der Waals surface area contributed by atoms with E-state index in [1.54, 1.807) is 11.8 Å². The molecule has 0 saturated carbocycles. The number of thioether (sulfide) groups is 1. The number of carbonyl (C=O) groups excluding carboxylic acids is 1. The standard InChI is InChI=1S/C19H22N2OS/c22-19(20-13-14-23-16-9-2-1-3-10-16)21-18-12-6-8-15-7-4-5-11-17(15)18/h1-5,7,9-11,18H,6,8,12-14H2,(H2,20,21,22). The molecule has 0 saturated heterocycles. The Balaban J connectivity index is 1.43. The van der Waals surface area contributed by atoms with Gasteiger partial charge in [-0.15, -0.1) is 11.8 Å². The molecule has 0 aromatic heterocycles. The summed E-state index contributed by atoms with van der Waals surface area (Å²) in [6.07, 6.45) is 3.26. The lowest BCUT2D eigenvalue weighted by molar-refractivity contribution is 0.236. The Hall–Kier alpha value is -1.94. The Morgan fingerprint density at radius 2 is 1.87 bits per heavy atom. The Morgan fingerprint density at radius 1 is 1.09 bits per heavy atom. The van der Waals surface area contributed by atoms with Crippen LogP contribution < -0.4 is 10.6 Å². The predicted molar refractivity (Wildman–Crippen MR) is 95.8 cm³/mol. The number of urea groups is 1. The zero-order chi connectivity index (χ0) is 15.9. The Labute approximate surface area is 141 Å². The smallest absolute Gasteiger partial charge is 0.315 e. The Morgan fingerprint density at radius 3 is 2.74 bits per heavy atom. The van der Waals surface area contributed by atoms with E-state index in [0.717, 1.165) is 25.0 Å². The second kappa shape index (κ2) is 8.06. The number of aryl methyl sites for hydroxylation is 1. The maximum absolute atomic E-state index is 12.1. The van der Waals surface area contributed by atoms with Gasteiger partial charge < -0.3 is 10.6 Å². The van der Waals surface area contributed by atoms with Crippen molar-refractivity contribution < 1.29 is 4.79 Å². The number of fused-ring (bicyclic) bond motifs is 1. The molecule has 0 spiro atoms. The van der Waals surface area contributed by atoms with Crippen LogP contribution >= 0.6 is 11.8 Å². The van der Waals surface area contributed by atoms with Crippen molar-refractivity contribution >= 4 is 17.8 Å². The van der Waals surface area contributed by atoms with Crippen LogP contribution in [0.1, 0.15) is 30.0 Å². The number of nitrogens with one attached hydrogen (secondary N) is 2. The van der Waals surface area contributed by atoms with Gasteiger partial charge >= 0.3 is 6.03 Å². The van der Waals surface area contributed by atoms with E-state index in [1.165, 1.54) is 16.0 Å². The molecular formula is C19H22N2OS. The van der Waals surface area contributed by atoms with Gasteiger partial charge in [0.25, 0.3) is 0 Å². The molecule has 3 nitrogen and oxygen atoms in total. The fraction of sp³-hybridized carbons (Fsp3) is 0.316. The number of benzene rings is 2. The third-order valence-electron chi connectivity index (χ3n) is 4.07. The molecule has 120 valence electrons. The van der Waals surface area contributed by atoms with Crippen molar-refractivity contribution in [1.29, 1.82) is 0 Å². The summed E-state index contributed by atoms with van der Waals surface area (Å²) in [6.45, 7) is 0.666. The molecule has 2 N–H and O–H groups in total. The molecule has 1 aliphatic carbocycles. The lowest BCUT2D eigenvalue weighted by Crippen LogP contribution is -2.39. The molecule has 0 radical (unpaired) electrons. The second-order valence-corrected chi connectivity index (χ2v) is 6.87. The zero-order valence-corrected chi connectivity index (χ0v) is 13.9. The third-order valence-corrected chi connectivity index (χ3v) is 5.09. The molecule has 23 heavy (non-hydrogen) atoms. The molecular weight excluding hydrogens is 304 g/mol. The first-order chi connectivity index (χ1) is 11.3. The molecule has 4 heteroatoms.